The van der Waals surface area contributed by atoms with E-state index < -0.39 is 0 Å². The van der Waals surface area contributed by atoms with Crippen molar-refractivity contribution in [1.82, 2.24) is 4.90 Å². The third kappa shape index (κ3) is 4.34. The number of carbonyl (C=O) groups is 1. The van der Waals surface area contributed by atoms with Crippen LogP contribution in [0, 0.1) is 5.82 Å². The molecule has 1 atom stereocenters. The molecule has 1 N–H and O–H groups in total. The second kappa shape index (κ2) is 8.44. The number of anilines is 1. The first-order chi connectivity index (χ1) is 13.7. The van der Waals surface area contributed by atoms with Crippen LogP contribution in [0.5, 0.6) is 5.75 Å². The average Bonchev–Trinajstić information content (AvgIpc) is 3.23. The summed E-state index contributed by atoms with van der Waals surface area (Å²) >= 11 is 0. The van der Waals surface area contributed by atoms with Crippen LogP contribution in [0.4, 0.5) is 14.9 Å². The van der Waals surface area contributed by atoms with E-state index in [-0.39, 0.29) is 18.0 Å². The Morgan fingerprint density at radius 1 is 1.18 bits per heavy atom. The summed E-state index contributed by atoms with van der Waals surface area (Å²) < 4.78 is 25.1. The lowest BCUT2D eigenvalue weighted by Crippen LogP contribution is -2.37. The third-order valence-electron chi connectivity index (χ3n) is 5.01. The van der Waals surface area contributed by atoms with Gasteiger partial charge in [-0.25, -0.2) is 9.18 Å². The second-order valence-electron chi connectivity index (χ2n) is 6.96. The number of benzene rings is 2. The van der Waals surface area contributed by atoms with E-state index in [9.17, 15) is 9.18 Å². The quantitative estimate of drug-likeness (QED) is 0.857. The fraction of sp³-hybridized carbons (Fsp3) is 0.318. The smallest absolute Gasteiger partial charge is 0.322 e. The summed E-state index contributed by atoms with van der Waals surface area (Å²) in [7, 11) is 0. The molecule has 2 aromatic rings. The van der Waals surface area contributed by atoms with Crippen molar-refractivity contribution in [3.05, 3.63) is 66.0 Å². The highest BCUT2D eigenvalue weighted by Gasteiger charge is 2.20. The lowest BCUT2D eigenvalue weighted by Gasteiger charge is -2.27. The molecule has 146 valence electrons. The van der Waals surface area contributed by atoms with Crippen molar-refractivity contribution < 1.29 is 18.7 Å². The molecule has 2 aromatic carbocycles. The molecule has 0 aliphatic carbocycles. The first-order valence-electron chi connectivity index (χ1n) is 9.53. The molecule has 0 bridgehead atoms. The summed E-state index contributed by atoms with van der Waals surface area (Å²) in [6, 6.07) is 13.9. The van der Waals surface area contributed by atoms with Gasteiger partial charge in [0, 0.05) is 30.8 Å². The molecule has 2 aliphatic rings. The molecule has 0 saturated carbocycles. The topological polar surface area (TPSA) is 50.8 Å². The number of rotatable bonds is 4. The first-order valence-corrected chi connectivity index (χ1v) is 9.53. The van der Waals surface area contributed by atoms with Gasteiger partial charge in [-0.1, -0.05) is 24.3 Å². The molecule has 28 heavy (non-hydrogen) atoms. The Labute approximate surface area is 163 Å². The van der Waals surface area contributed by atoms with E-state index in [0.717, 1.165) is 24.4 Å². The van der Waals surface area contributed by atoms with Crippen LogP contribution < -0.4 is 10.1 Å². The summed E-state index contributed by atoms with van der Waals surface area (Å²) in [6.45, 7) is 2.37. The monoisotopic (exact) mass is 382 g/mol. The number of hydrogen-bond acceptors (Lipinski definition) is 3. The minimum absolute atomic E-state index is 0.101. The van der Waals surface area contributed by atoms with Gasteiger partial charge in [0.15, 0.2) is 0 Å². The van der Waals surface area contributed by atoms with Gasteiger partial charge < -0.3 is 19.7 Å². The van der Waals surface area contributed by atoms with Crippen LogP contribution in [0.25, 0.3) is 5.57 Å². The summed E-state index contributed by atoms with van der Waals surface area (Å²) in [5.74, 6) is 0.544. The van der Waals surface area contributed by atoms with Gasteiger partial charge in [0.25, 0.3) is 0 Å². The molecule has 2 aliphatic heterocycles. The highest BCUT2D eigenvalue weighted by Crippen LogP contribution is 2.25. The van der Waals surface area contributed by atoms with Gasteiger partial charge in [-0.3, -0.25) is 0 Å². The maximum Gasteiger partial charge on any atom is 0.322 e. The Bertz CT molecular complexity index is 860. The Kier molecular flexibility index (Phi) is 5.58. The third-order valence-corrected chi connectivity index (χ3v) is 5.01. The minimum atomic E-state index is -0.224. The molecule has 2 amide bonds. The normalized spacial score (nSPS) is 19.2. The molecule has 2 heterocycles. The Morgan fingerprint density at radius 3 is 2.68 bits per heavy atom. The Morgan fingerprint density at radius 2 is 2.00 bits per heavy atom. The average molecular weight is 382 g/mol. The lowest BCUT2D eigenvalue weighted by molar-refractivity contribution is 0.141. The molecule has 1 saturated heterocycles. The van der Waals surface area contributed by atoms with Crippen molar-refractivity contribution in [3.8, 4) is 5.75 Å². The molecule has 0 unspecified atom stereocenters. The first kappa shape index (κ1) is 18.5. The van der Waals surface area contributed by atoms with Gasteiger partial charge in [-0.15, -0.1) is 0 Å². The number of carbonyl (C=O) groups excluding carboxylic acids is 1. The SMILES string of the molecule is O=C(Nc1ccc(O[C@@H]2CCOC2)cc1)N1CC=C(c2ccccc2F)CC1. The Balaban J connectivity index is 1.32. The van der Waals surface area contributed by atoms with Crippen LogP contribution in [0.2, 0.25) is 0 Å². The van der Waals surface area contributed by atoms with Crippen LogP contribution in [-0.2, 0) is 4.74 Å². The zero-order chi connectivity index (χ0) is 19.3. The molecule has 0 spiro atoms. The lowest BCUT2D eigenvalue weighted by atomic mass is 9.99. The molecule has 5 nitrogen and oxygen atoms in total. The molecule has 6 heteroatoms. The van der Waals surface area contributed by atoms with Crippen LogP contribution in [0.1, 0.15) is 18.4 Å². The number of hydrogen-bond donors (Lipinski definition) is 1. The van der Waals surface area contributed by atoms with E-state index in [1.165, 1.54) is 6.07 Å². The van der Waals surface area contributed by atoms with E-state index >= 15 is 0 Å². The van der Waals surface area contributed by atoms with Gasteiger partial charge in [0.1, 0.15) is 17.7 Å². The highest BCUT2D eigenvalue weighted by atomic mass is 19.1. The van der Waals surface area contributed by atoms with Crippen molar-refractivity contribution in [2.45, 2.75) is 18.9 Å². The van der Waals surface area contributed by atoms with Gasteiger partial charge in [-0.05, 0) is 42.3 Å². The number of nitrogens with zero attached hydrogens (tertiary/aromatic N) is 1. The summed E-state index contributed by atoms with van der Waals surface area (Å²) in [4.78, 5) is 14.2. The predicted octanol–water partition coefficient (Wildman–Crippen LogP) is 4.31. The van der Waals surface area contributed by atoms with Crippen molar-refractivity contribution in [2.24, 2.45) is 0 Å². The molecular formula is C22H23FN2O3. The standard InChI is InChI=1S/C22H23FN2O3/c23-21-4-2-1-3-20(21)16-9-12-25(13-10-16)22(26)24-17-5-7-18(8-6-17)28-19-11-14-27-15-19/h1-9,19H,10-15H2,(H,24,26)/t19-/m1/s1. The van der Waals surface area contributed by atoms with E-state index in [1.54, 1.807) is 17.0 Å². The van der Waals surface area contributed by atoms with Gasteiger partial charge in [0.2, 0.25) is 0 Å². The zero-order valence-corrected chi connectivity index (χ0v) is 15.6. The van der Waals surface area contributed by atoms with Gasteiger partial charge in [0.05, 0.1) is 13.2 Å². The second-order valence-corrected chi connectivity index (χ2v) is 6.96. The van der Waals surface area contributed by atoms with E-state index in [1.807, 2.05) is 36.4 Å². The summed E-state index contributed by atoms with van der Waals surface area (Å²) in [5, 5.41) is 2.90. The number of halogens is 1. The maximum atomic E-state index is 13.9. The number of amides is 2. The van der Waals surface area contributed by atoms with Crippen molar-refractivity contribution in [2.75, 3.05) is 31.6 Å². The van der Waals surface area contributed by atoms with Gasteiger partial charge >= 0.3 is 6.03 Å². The molecule has 0 radical (unpaired) electrons. The predicted molar refractivity (Wildman–Crippen MR) is 106 cm³/mol. The zero-order valence-electron chi connectivity index (χ0n) is 15.6. The molecule has 0 aromatic heterocycles. The van der Waals surface area contributed by atoms with Crippen molar-refractivity contribution in [1.29, 1.82) is 0 Å². The van der Waals surface area contributed by atoms with Crippen LogP contribution in [0.3, 0.4) is 0 Å². The number of urea groups is 1. The van der Waals surface area contributed by atoms with Crippen LogP contribution in [-0.4, -0.2) is 43.3 Å². The van der Waals surface area contributed by atoms with E-state index in [4.69, 9.17) is 9.47 Å². The molecular weight excluding hydrogens is 359 g/mol. The van der Waals surface area contributed by atoms with Crippen LogP contribution >= 0.6 is 0 Å². The summed E-state index contributed by atoms with van der Waals surface area (Å²) in [6.07, 6.45) is 3.55. The number of ether oxygens (including phenoxy) is 2. The maximum absolute atomic E-state index is 13.9. The van der Waals surface area contributed by atoms with E-state index in [0.29, 0.717) is 37.4 Å². The molecule has 1 fully saturated rings. The van der Waals surface area contributed by atoms with Gasteiger partial charge in [-0.2, -0.15) is 0 Å². The Hall–Kier alpha value is -2.86. The molecule has 4 rings (SSSR count). The van der Waals surface area contributed by atoms with Crippen molar-refractivity contribution in [3.63, 3.8) is 0 Å². The largest absolute Gasteiger partial charge is 0.488 e. The van der Waals surface area contributed by atoms with Crippen LogP contribution in [0.15, 0.2) is 54.6 Å². The van der Waals surface area contributed by atoms with Crippen molar-refractivity contribution >= 4 is 17.3 Å². The summed E-state index contributed by atoms with van der Waals surface area (Å²) in [5.41, 5.74) is 2.27. The fourth-order valence-corrected chi connectivity index (χ4v) is 3.44. The number of nitrogens with one attached hydrogen (secondary N) is 1. The van der Waals surface area contributed by atoms with E-state index in [2.05, 4.69) is 5.32 Å². The fourth-order valence-electron chi connectivity index (χ4n) is 3.44. The highest BCUT2D eigenvalue weighted by molar-refractivity contribution is 5.90. The minimum Gasteiger partial charge on any atom is -0.488 e.